The molecule has 0 radical (unpaired) electrons. The molecule has 0 amide bonds. The van der Waals surface area contributed by atoms with Gasteiger partial charge in [-0.05, 0) is 23.1 Å². The third kappa shape index (κ3) is 2.37. The Labute approximate surface area is 97.8 Å². The van der Waals surface area contributed by atoms with Crippen LogP contribution in [-0.2, 0) is 0 Å². The van der Waals surface area contributed by atoms with Gasteiger partial charge in [0, 0.05) is 0 Å². The highest BCUT2D eigenvalue weighted by molar-refractivity contribution is 8.05. The van der Waals surface area contributed by atoms with Gasteiger partial charge < -0.3 is 0 Å². The van der Waals surface area contributed by atoms with E-state index in [0.717, 1.165) is 0 Å². The van der Waals surface area contributed by atoms with Gasteiger partial charge in [-0.2, -0.15) is 0 Å². The van der Waals surface area contributed by atoms with Gasteiger partial charge in [-0.3, -0.25) is 0 Å². The number of allylic oxidation sites excluding steroid dienone is 1. The molecule has 0 saturated heterocycles. The third-order valence-electron chi connectivity index (χ3n) is 3.05. The number of benzene rings is 1. The standard InChI is InChI=1S/C13H18SSi/c1-15(2,12-8-4-3-5-9-12)13-10-6-7-11-14-13/h3-5,8-10H,6-7,11H2,1-2H3. The van der Waals surface area contributed by atoms with E-state index >= 15 is 0 Å². The normalized spacial score (nSPS) is 17.3. The van der Waals surface area contributed by atoms with E-state index < -0.39 is 8.07 Å². The van der Waals surface area contributed by atoms with E-state index in [2.05, 4.69) is 61.3 Å². The van der Waals surface area contributed by atoms with Crippen molar-refractivity contribution in [3.05, 3.63) is 40.9 Å². The summed E-state index contributed by atoms with van der Waals surface area (Å²) in [5.74, 6) is 1.31. The monoisotopic (exact) mass is 234 g/mol. The van der Waals surface area contributed by atoms with Crippen molar-refractivity contribution in [1.29, 1.82) is 0 Å². The Balaban J connectivity index is 2.30. The zero-order chi connectivity index (χ0) is 10.7. The first kappa shape index (κ1) is 11.0. The Kier molecular flexibility index (Phi) is 3.37. The zero-order valence-corrected chi connectivity index (χ0v) is 11.3. The molecule has 1 aromatic rings. The Morgan fingerprint density at radius 1 is 1.13 bits per heavy atom. The average Bonchev–Trinajstić information content (AvgIpc) is 2.31. The number of rotatable bonds is 2. The Morgan fingerprint density at radius 3 is 2.47 bits per heavy atom. The van der Waals surface area contributed by atoms with E-state index in [-0.39, 0.29) is 0 Å². The maximum Gasteiger partial charge on any atom is 0.119 e. The summed E-state index contributed by atoms with van der Waals surface area (Å²) in [6.07, 6.45) is 5.12. The lowest BCUT2D eigenvalue weighted by atomic mass is 10.3. The highest BCUT2D eigenvalue weighted by Crippen LogP contribution is 2.31. The molecule has 0 nitrogen and oxygen atoms in total. The van der Waals surface area contributed by atoms with Crippen molar-refractivity contribution in [2.75, 3.05) is 5.75 Å². The molecule has 0 aliphatic carbocycles. The summed E-state index contributed by atoms with van der Waals surface area (Å²) in [6, 6.07) is 11.0. The SMILES string of the molecule is C[Si](C)(C1=CCCCS1)c1ccccc1. The van der Waals surface area contributed by atoms with Gasteiger partial charge in [-0.15, -0.1) is 11.8 Å². The molecular formula is C13H18SSi. The van der Waals surface area contributed by atoms with E-state index in [9.17, 15) is 0 Å². The van der Waals surface area contributed by atoms with Crippen molar-refractivity contribution in [2.24, 2.45) is 0 Å². The molecule has 0 aromatic heterocycles. The molecule has 0 spiro atoms. The molecule has 1 aromatic carbocycles. The maximum absolute atomic E-state index is 2.48. The van der Waals surface area contributed by atoms with E-state index in [1.54, 1.807) is 9.72 Å². The van der Waals surface area contributed by atoms with Crippen LogP contribution in [0.1, 0.15) is 12.8 Å². The van der Waals surface area contributed by atoms with Gasteiger partial charge in [-0.1, -0.05) is 54.7 Å². The molecule has 0 fully saturated rings. The first-order valence-corrected chi connectivity index (χ1v) is 9.59. The molecule has 0 saturated carbocycles. The van der Waals surface area contributed by atoms with Gasteiger partial charge in [0.15, 0.2) is 0 Å². The Bertz CT molecular complexity index is 354. The van der Waals surface area contributed by atoms with Crippen LogP contribution in [-0.4, -0.2) is 13.8 Å². The summed E-state index contributed by atoms with van der Waals surface area (Å²) in [5, 5.41) is 1.56. The van der Waals surface area contributed by atoms with Crippen LogP contribution in [0.4, 0.5) is 0 Å². The first-order chi connectivity index (χ1) is 7.21. The minimum atomic E-state index is -1.35. The Hall–Kier alpha value is -0.473. The molecule has 0 N–H and O–H groups in total. The highest BCUT2D eigenvalue weighted by atomic mass is 32.2. The van der Waals surface area contributed by atoms with Crippen LogP contribution in [0.15, 0.2) is 40.9 Å². The van der Waals surface area contributed by atoms with Gasteiger partial charge in [0.25, 0.3) is 0 Å². The smallest absolute Gasteiger partial charge is 0.119 e. The molecule has 80 valence electrons. The maximum atomic E-state index is 2.48. The lowest BCUT2D eigenvalue weighted by molar-refractivity contribution is 0.963. The highest BCUT2D eigenvalue weighted by Gasteiger charge is 2.29. The summed E-state index contributed by atoms with van der Waals surface area (Å²) in [6.45, 7) is 4.93. The van der Waals surface area contributed by atoms with Gasteiger partial charge in [0.05, 0.1) is 0 Å². The molecule has 2 rings (SSSR count). The van der Waals surface area contributed by atoms with Crippen LogP contribution in [0.2, 0.25) is 13.1 Å². The third-order valence-corrected chi connectivity index (χ3v) is 9.19. The topological polar surface area (TPSA) is 0 Å². The number of thioether (sulfide) groups is 1. The fraction of sp³-hybridized carbons (Fsp3) is 0.385. The fourth-order valence-electron chi connectivity index (χ4n) is 1.99. The van der Waals surface area contributed by atoms with Crippen LogP contribution in [0.25, 0.3) is 0 Å². The summed E-state index contributed by atoms with van der Waals surface area (Å²) in [5.41, 5.74) is 0. The summed E-state index contributed by atoms with van der Waals surface area (Å²) >= 11 is 2.09. The van der Waals surface area contributed by atoms with Gasteiger partial charge in [-0.25, -0.2) is 0 Å². The van der Waals surface area contributed by atoms with Crippen LogP contribution >= 0.6 is 11.8 Å². The second-order valence-electron chi connectivity index (χ2n) is 4.55. The van der Waals surface area contributed by atoms with E-state index in [0.29, 0.717) is 0 Å². The van der Waals surface area contributed by atoms with Crippen LogP contribution in [0.3, 0.4) is 0 Å². The predicted molar refractivity (Wildman–Crippen MR) is 73.3 cm³/mol. The molecule has 2 heteroatoms. The molecule has 1 heterocycles. The zero-order valence-electron chi connectivity index (χ0n) is 9.49. The van der Waals surface area contributed by atoms with Crippen molar-refractivity contribution in [1.82, 2.24) is 0 Å². The molecular weight excluding hydrogens is 216 g/mol. The van der Waals surface area contributed by atoms with Crippen molar-refractivity contribution in [3.8, 4) is 0 Å². The minimum absolute atomic E-state index is 1.28. The lowest BCUT2D eigenvalue weighted by Crippen LogP contribution is -2.43. The van der Waals surface area contributed by atoms with E-state index in [1.165, 1.54) is 18.6 Å². The number of hydrogen-bond donors (Lipinski definition) is 0. The first-order valence-electron chi connectivity index (χ1n) is 5.60. The van der Waals surface area contributed by atoms with Crippen molar-refractivity contribution in [3.63, 3.8) is 0 Å². The second-order valence-corrected chi connectivity index (χ2v) is 10.4. The van der Waals surface area contributed by atoms with Crippen LogP contribution in [0.5, 0.6) is 0 Å². The van der Waals surface area contributed by atoms with E-state index in [1.807, 2.05) is 0 Å². The minimum Gasteiger partial charge on any atom is -0.135 e. The van der Waals surface area contributed by atoms with Crippen molar-refractivity contribution in [2.45, 2.75) is 25.9 Å². The molecule has 15 heavy (non-hydrogen) atoms. The molecule has 0 unspecified atom stereocenters. The molecule has 1 aliphatic rings. The van der Waals surface area contributed by atoms with Crippen molar-refractivity contribution < 1.29 is 0 Å². The lowest BCUT2D eigenvalue weighted by Gasteiger charge is -2.28. The number of hydrogen-bond acceptors (Lipinski definition) is 1. The average molecular weight is 234 g/mol. The predicted octanol–water partition coefficient (Wildman–Crippen LogP) is 3.55. The summed E-state index contributed by atoms with van der Waals surface area (Å²) < 4.78 is 1.68. The quantitative estimate of drug-likeness (QED) is 0.705. The summed E-state index contributed by atoms with van der Waals surface area (Å²) in [4.78, 5) is 0. The van der Waals surface area contributed by atoms with Crippen molar-refractivity contribution >= 4 is 25.0 Å². The molecule has 1 aliphatic heterocycles. The van der Waals surface area contributed by atoms with Crippen LogP contribution in [0, 0.1) is 0 Å². The van der Waals surface area contributed by atoms with Gasteiger partial charge in [0.1, 0.15) is 8.07 Å². The van der Waals surface area contributed by atoms with Gasteiger partial charge in [0.2, 0.25) is 0 Å². The molecule has 0 atom stereocenters. The fourth-order valence-corrected chi connectivity index (χ4v) is 6.82. The van der Waals surface area contributed by atoms with Crippen LogP contribution < -0.4 is 5.19 Å². The largest absolute Gasteiger partial charge is 0.135 e. The van der Waals surface area contributed by atoms with Gasteiger partial charge >= 0.3 is 0 Å². The van der Waals surface area contributed by atoms with E-state index in [4.69, 9.17) is 0 Å². The molecule has 0 bridgehead atoms. The summed E-state index contributed by atoms with van der Waals surface area (Å²) in [7, 11) is -1.35. The second kappa shape index (κ2) is 4.58. The Morgan fingerprint density at radius 2 is 1.87 bits per heavy atom.